The molecule has 0 saturated carbocycles. The van der Waals surface area contributed by atoms with Gasteiger partial charge in [-0.25, -0.2) is 0 Å². The molecule has 0 amide bonds. The summed E-state index contributed by atoms with van der Waals surface area (Å²) < 4.78 is 0. The first kappa shape index (κ1) is 14.4. The number of likely N-dealkylation sites (N-methyl/N-ethyl adjacent to an activating group) is 2. The van der Waals surface area contributed by atoms with Gasteiger partial charge >= 0.3 is 0 Å². The summed E-state index contributed by atoms with van der Waals surface area (Å²) in [7, 11) is 4.32. The van der Waals surface area contributed by atoms with Crippen molar-refractivity contribution in [3.8, 4) is 0 Å². The Morgan fingerprint density at radius 1 is 0.600 bits per heavy atom. The summed E-state index contributed by atoms with van der Waals surface area (Å²) in [6.45, 7) is 4.55. The van der Waals surface area contributed by atoms with E-state index in [0.29, 0.717) is 12.1 Å². The van der Waals surface area contributed by atoms with E-state index in [0.717, 1.165) is 0 Å². The van der Waals surface area contributed by atoms with E-state index in [1.54, 1.807) is 0 Å². The van der Waals surface area contributed by atoms with Crippen molar-refractivity contribution >= 4 is 11.4 Å². The molecule has 106 valence electrons. The maximum atomic E-state index is 2.34. The second-order valence-electron chi connectivity index (χ2n) is 5.37. The summed E-state index contributed by atoms with van der Waals surface area (Å²) in [5.74, 6) is 0. The van der Waals surface area contributed by atoms with Crippen LogP contribution < -0.4 is 9.80 Å². The third-order valence-corrected chi connectivity index (χ3v) is 4.25. The highest BCUT2D eigenvalue weighted by molar-refractivity contribution is 5.50. The fraction of sp³-hybridized carbons (Fsp3) is 0.333. The lowest BCUT2D eigenvalue weighted by molar-refractivity contribution is 0.548. The molecule has 0 saturated heterocycles. The second-order valence-corrected chi connectivity index (χ2v) is 5.37. The Kier molecular flexibility index (Phi) is 4.67. The summed E-state index contributed by atoms with van der Waals surface area (Å²) in [5.41, 5.74) is 2.52. The fourth-order valence-electron chi connectivity index (χ4n) is 2.44. The molecule has 0 fully saturated rings. The molecule has 0 heterocycles. The molecule has 2 aromatic carbocycles. The average molecular weight is 268 g/mol. The van der Waals surface area contributed by atoms with E-state index in [1.165, 1.54) is 11.4 Å². The predicted octanol–water partition coefficient (Wildman–Crippen LogP) is 4.04. The molecule has 0 bridgehead atoms. The summed E-state index contributed by atoms with van der Waals surface area (Å²) in [6, 6.07) is 21.9. The fourth-order valence-corrected chi connectivity index (χ4v) is 2.44. The first-order chi connectivity index (χ1) is 9.61. The number of para-hydroxylation sites is 2. The predicted molar refractivity (Wildman–Crippen MR) is 88.6 cm³/mol. The first-order valence-electron chi connectivity index (χ1n) is 7.17. The Morgan fingerprint density at radius 3 is 1.20 bits per heavy atom. The molecule has 20 heavy (non-hydrogen) atoms. The Labute approximate surface area is 122 Å². The molecule has 2 atom stereocenters. The van der Waals surface area contributed by atoms with Crippen molar-refractivity contribution in [2.75, 3.05) is 23.9 Å². The Balaban J connectivity index is 2.10. The third-order valence-electron chi connectivity index (χ3n) is 4.25. The van der Waals surface area contributed by atoms with Gasteiger partial charge in [-0.2, -0.15) is 0 Å². The highest BCUT2D eigenvalue weighted by Crippen LogP contribution is 2.21. The third kappa shape index (κ3) is 3.13. The van der Waals surface area contributed by atoms with Crippen LogP contribution in [0.5, 0.6) is 0 Å². The lowest BCUT2D eigenvalue weighted by atomic mass is 10.1. The van der Waals surface area contributed by atoms with Crippen LogP contribution in [0.25, 0.3) is 0 Å². The molecule has 2 unspecified atom stereocenters. The molecule has 0 aromatic heterocycles. The van der Waals surface area contributed by atoms with Gasteiger partial charge in [0.05, 0.1) is 0 Å². The van der Waals surface area contributed by atoms with Gasteiger partial charge in [0.15, 0.2) is 0 Å². The molecule has 0 aliphatic rings. The van der Waals surface area contributed by atoms with Crippen molar-refractivity contribution in [3.05, 3.63) is 60.7 Å². The molecule has 2 rings (SSSR count). The van der Waals surface area contributed by atoms with Crippen molar-refractivity contribution < 1.29 is 0 Å². The van der Waals surface area contributed by atoms with Gasteiger partial charge < -0.3 is 9.80 Å². The van der Waals surface area contributed by atoms with Gasteiger partial charge in [-0.3, -0.25) is 0 Å². The van der Waals surface area contributed by atoms with E-state index in [-0.39, 0.29) is 0 Å². The minimum absolute atomic E-state index is 0.419. The molecule has 0 aliphatic carbocycles. The van der Waals surface area contributed by atoms with E-state index < -0.39 is 0 Å². The van der Waals surface area contributed by atoms with E-state index in [1.807, 2.05) is 0 Å². The van der Waals surface area contributed by atoms with Crippen LogP contribution in [0.2, 0.25) is 0 Å². The van der Waals surface area contributed by atoms with Crippen molar-refractivity contribution in [2.24, 2.45) is 0 Å². The van der Waals surface area contributed by atoms with Gasteiger partial charge in [0.2, 0.25) is 0 Å². The molecule has 0 N–H and O–H groups in total. The van der Waals surface area contributed by atoms with Crippen molar-refractivity contribution in [1.29, 1.82) is 0 Å². The number of anilines is 2. The standard InChI is InChI=1S/C18H24N2/c1-15(19(3)17-11-7-5-8-12-17)16(2)20(4)18-13-9-6-10-14-18/h5-16H,1-4H3. The van der Waals surface area contributed by atoms with Gasteiger partial charge in [-0.15, -0.1) is 0 Å². The van der Waals surface area contributed by atoms with Gasteiger partial charge in [0, 0.05) is 37.6 Å². The molecular formula is C18H24N2. The lowest BCUT2D eigenvalue weighted by Crippen LogP contribution is -2.46. The molecule has 0 spiro atoms. The molecule has 2 heteroatoms. The zero-order valence-electron chi connectivity index (χ0n) is 12.8. The van der Waals surface area contributed by atoms with Crippen molar-refractivity contribution in [3.63, 3.8) is 0 Å². The van der Waals surface area contributed by atoms with E-state index in [4.69, 9.17) is 0 Å². The maximum absolute atomic E-state index is 2.34. The molecule has 0 radical (unpaired) electrons. The highest BCUT2D eigenvalue weighted by Gasteiger charge is 2.21. The molecular weight excluding hydrogens is 244 g/mol. The molecule has 2 aromatic rings. The lowest BCUT2D eigenvalue weighted by Gasteiger charge is -2.37. The molecule has 2 nitrogen and oxygen atoms in total. The van der Waals surface area contributed by atoms with Gasteiger partial charge in [0.25, 0.3) is 0 Å². The second kappa shape index (κ2) is 6.47. The van der Waals surface area contributed by atoms with Gasteiger partial charge in [-0.05, 0) is 38.1 Å². The minimum atomic E-state index is 0.419. The van der Waals surface area contributed by atoms with Gasteiger partial charge in [0.1, 0.15) is 0 Å². The number of benzene rings is 2. The zero-order valence-corrected chi connectivity index (χ0v) is 12.8. The van der Waals surface area contributed by atoms with Crippen LogP contribution in [0.1, 0.15) is 13.8 Å². The largest absolute Gasteiger partial charge is 0.370 e. The highest BCUT2D eigenvalue weighted by atomic mass is 15.2. The monoisotopic (exact) mass is 268 g/mol. The van der Waals surface area contributed by atoms with Crippen LogP contribution in [0.15, 0.2) is 60.7 Å². The average Bonchev–Trinajstić information content (AvgIpc) is 2.53. The topological polar surface area (TPSA) is 6.48 Å². The Hall–Kier alpha value is -1.96. The smallest absolute Gasteiger partial charge is 0.0459 e. The normalized spacial score (nSPS) is 13.6. The van der Waals surface area contributed by atoms with Crippen LogP contribution in [0, 0.1) is 0 Å². The number of hydrogen-bond acceptors (Lipinski definition) is 2. The van der Waals surface area contributed by atoms with Crippen LogP contribution in [-0.4, -0.2) is 26.2 Å². The van der Waals surface area contributed by atoms with E-state index >= 15 is 0 Å². The Morgan fingerprint density at radius 2 is 0.900 bits per heavy atom. The minimum Gasteiger partial charge on any atom is -0.370 e. The van der Waals surface area contributed by atoms with Crippen molar-refractivity contribution in [1.82, 2.24) is 0 Å². The van der Waals surface area contributed by atoms with Gasteiger partial charge in [-0.1, -0.05) is 36.4 Å². The summed E-state index contributed by atoms with van der Waals surface area (Å²) in [5, 5.41) is 0. The SMILES string of the molecule is CC(C(C)N(C)c1ccccc1)N(C)c1ccccc1. The number of rotatable bonds is 5. The van der Waals surface area contributed by atoms with E-state index in [9.17, 15) is 0 Å². The quantitative estimate of drug-likeness (QED) is 0.807. The zero-order chi connectivity index (χ0) is 14.5. The van der Waals surface area contributed by atoms with Crippen LogP contribution in [-0.2, 0) is 0 Å². The summed E-state index contributed by atoms with van der Waals surface area (Å²) >= 11 is 0. The summed E-state index contributed by atoms with van der Waals surface area (Å²) in [4.78, 5) is 4.67. The number of nitrogens with zero attached hydrogens (tertiary/aromatic N) is 2. The maximum Gasteiger partial charge on any atom is 0.0459 e. The van der Waals surface area contributed by atoms with Crippen LogP contribution in [0.3, 0.4) is 0 Å². The Bertz CT molecular complexity index is 460. The van der Waals surface area contributed by atoms with E-state index in [2.05, 4.69) is 98.4 Å². The van der Waals surface area contributed by atoms with Crippen LogP contribution in [0.4, 0.5) is 11.4 Å². The molecule has 0 aliphatic heterocycles. The number of hydrogen-bond donors (Lipinski definition) is 0. The summed E-state index contributed by atoms with van der Waals surface area (Å²) in [6.07, 6.45) is 0. The van der Waals surface area contributed by atoms with Crippen LogP contribution >= 0.6 is 0 Å². The first-order valence-corrected chi connectivity index (χ1v) is 7.17. The van der Waals surface area contributed by atoms with Crippen molar-refractivity contribution in [2.45, 2.75) is 25.9 Å².